The first-order valence-corrected chi connectivity index (χ1v) is 6.14. The Kier molecular flexibility index (Phi) is 2.91. The third-order valence-corrected chi connectivity index (χ3v) is 3.15. The lowest BCUT2D eigenvalue weighted by molar-refractivity contribution is 0.627. The number of halogens is 1. The van der Waals surface area contributed by atoms with Crippen molar-refractivity contribution in [3.63, 3.8) is 0 Å². The maximum Gasteiger partial charge on any atom is 0.203 e. The molecule has 0 saturated heterocycles. The van der Waals surface area contributed by atoms with E-state index in [1.807, 2.05) is 35.9 Å². The summed E-state index contributed by atoms with van der Waals surface area (Å²) in [5.74, 6) is 0.594. The minimum Gasteiger partial charge on any atom is -0.352 e. The lowest BCUT2D eigenvalue weighted by atomic mass is 10.2. The Morgan fingerprint density at radius 2 is 1.84 bits per heavy atom. The van der Waals surface area contributed by atoms with E-state index in [-0.39, 0.29) is 5.82 Å². The molecule has 96 valence electrons. The number of hydrogen-bond acceptors (Lipinski definition) is 2. The third-order valence-electron chi connectivity index (χ3n) is 3.15. The first-order valence-electron chi connectivity index (χ1n) is 6.14. The van der Waals surface area contributed by atoms with E-state index < -0.39 is 0 Å². The first-order chi connectivity index (χ1) is 9.24. The summed E-state index contributed by atoms with van der Waals surface area (Å²) in [6, 6.07) is 14.4. The standard InChI is InChI=1S/C15H14FN3/c1-19-14-5-3-2-4-13(14)18-15(19)17-10-11-6-8-12(16)9-7-11/h2-9H,10H2,1H3,(H,17,18). The van der Waals surface area contributed by atoms with Gasteiger partial charge in [-0.2, -0.15) is 0 Å². The molecule has 2 aromatic carbocycles. The van der Waals surface area contributed by atoms with Gasteiger partial charge in [0.1, 0.15) is 5.82 Å². The van der Waals surface area contributed by atoms with Crippen LogP contribution in [-0.2, 0) is 13.6 Å². The molecule has 0 aliphatic carbocycles. The van der Waals surface area contributed by atoms with Crippen LogP contribution in [0.3, 0.4) is 0 Å². The smallest absolute Gasteiger partial charge is 0.203 e. The van der Waals surface area contributed by atoms with E-state index in [1.54, 1.807) is 12.1 Å². The van der Waals surface area contributed by atoms with Gasteiger partial charge in [0.15, 0.2) is 0 Å². The summed E-state index contributed by atoms with van der Waals surface area (Å²) in [6.45, 7) is 0.622. The van der Waals surface area contributed by atoms with E-state index >= 15 is 0 Å². The van der Waals surface area contributed by atoms with Crippen molar-refractivity contribution in [3.8, 4) is 0 Å². The Balaban J connectivity index is 1.82. The van der Waals surface area contributed by atoms with Crippen molar-refractivity contribution in [2.75, 3.05) is 5.32 Å². The molecule has 0 amide bonds. The zero-order chi connectivity index (χ0) is 13.2. The number of nitrogens with zero attached hydrogens (tertiary/aromatic N) is 2. The van der Waals surface area contributed by atoms with Gasteiger partial charge >= 0.3 is 0 Å². The van der Waals surface area contributed by atoms with Crippen molar-refractivity contribution in [3.05, 3.63) is 59.9 Å². The largest absolute Gasteiger partial charge is 0.352 e. The molecular formula is C15H14FN3. The summed E-state index contributed by atoms with van der Waals surface area (Å²) in [6.07, 6.45) is 0. The Labute approximate surface area is 110 Å². The van der Waals surface area contributed by atoms with Crippen molar-refractivity contribution >= 4 is 17.0 Å². The van der Waals surface area contributed by atoms with E-state index in [2.05, 4.69) is 10.3 Å². The minimum atomic E-state index is -0.216. The van der Waals surface area contributed by atoms with Crippen molar-refractivity contribution in [2.45, 2.75) is 6.54 Å². The van der Waals surface area contributed by atoms with Crippen LogP contribution in [0.2, 0.25) is 0 Å². The van der Waals surface area contributed by atoms with Crippen molar-refractivity contribution in [2.24, 2.45) is 7.05 Å². The summed E-state index contributed by atoms with van der Waals surface area (Å²) in [5, 5.41) is 3.27. The number of hydrogen-bond donors (Lipinski definition) is 1. The predicted octanol–water partition coefficient (Wildman–Crippen LogP) is 3.32. The summed E-state index contributed by atoms with van der Waals surface area (Å²) in [7, 11) is 1.97. The highest BCUT2D eigenvalue weighted by atomic mass is 19.1. The molecule has 0 aliphatic rings. The molecule has 1 heterocycles. The number of rotatable bonds is 3. The lowest BCUT2D eigenvalue weighted by Crippen LogP contribution is -2.04. The first kappa shape index (κ1) is 11.7. The van der Waals surface area contributed by atoms with Gasteiger partial charge in [-0.3, -0.25) is 0 Å². The van der Waals surface area contributed by atoms with Crippen LogP contribution in [-0.4, -0.2) is 9.55 Å². The molecule has 0 atom stereocenters. The number of para-hydroxylation sites is 2. The molecule has 0 saturated carbocycles. The molecule has 0 radical (unpaired) electrons. The predicted molar refractivity (Wildman–Crippen MR) is 74.4 cm³/mol. The lowest BCUT2D eigenvalue weighted by Gasteiger charge is -2.06. The fourth-order valence-electron chi connectivity index (χ4n) is 2.09. The van der Waals surface area contributed by atoms with Gasteiger partial charge in [0.05, 0.1) is 11.0 Å². The Hall–Kier alpha value is -2.36. The highest BCUT2D eigenvalue weighted by Gasteiger charge is 2.06. The van der Waals surface area contributed by atoms with Gasteiger partial charge in [0, 0.05) is 13.6 Å². The fraction of sp³-hybridized carbons (Fsp3) is 0.133. The molecular weight excluding hydrogens is 241 g/mol. The van der Waals surface area contributed by atoms with Crippen molar-refractivity contribution < 1.29 is 4.39 Å². The zero-order valence-electron chi connectivity index (χ0n) is 10.6. The van der Waals surface area contributed by atoms with Crippen LogP contribution in [0, 0.1) is 5.82 Å². The number of aryl methyl sites for hydroxylation is 1. The highest BCUT2D eigenvalue weighted by Crippen LogP contribution is 2.18. The van der Waals surface area contributed by atoms with E-state index in [1.165, 1.54) is 12.1 Å². The third kappa shape index (κ3) is 2.29. The van der Waals surface area contributed by atoms with Crippen LogP contribution in [0.4, 0.5) is 10.3 Å². The second-order valence-corrected chi connectivity index (χ2v) is 4.46. The van der Waals surface area contributed by atoms with E-state index in [4.69, 9.17) is 0 Å². The van der Waals surface area contributed by atoms with Crippen molar-refractivity contribution in [1.82, 2.24) is 9.55 Å². The molecule has 1 aromatic heterocycles. The number of nitrogens with one attached hydrogen (secondary N) is 1. The Bertz CT molecular complexity index is 701. The zero-order valence-corrected chi connectivity index (χ0v) is 10.6. The van der Waals surface area contributed by atoms with Crippen LogP contribution in [0.15, 0.2) is 48.5 Å². The van der Waals surface area contributed by atoms with Gasteiger partial charge in [-0.15, -0.1) is 0 Å². The maximum atomic E-state index is 12.8. The molecule has 3 aromatic rings. The van der Waals surface area contributed by atoms with Crippen LogP contribution in [0.1, 0.15) is 5.56 Å². The Morgan fingerprint density at radius 3 is 2.58 bits per heavy atom. The molecule has 19 heavy (non-hydrogen) atoms. The second-order valence-electron chi connectivity index (χ2n) is 4.46. The average Bonchev–Trinajstić information content (AvgIpc) is 2.76. The van der Waals surface area contributed by atoms with Crippen molar-refractivity contribution in [1.29, 1.82) is 0 Å². The quantitative estimate of drug-likeness (QED) is 0.778. The van der Waals surface area contributed by atoms with Gasteiger partial charge in [0.2, 0.25) is 5.95 Å². The molecule has 0 bridgehead atoms. The highest BCUT2D eigenvalue weighted by molar-refractivity contribution is 5.78. The summed E-state index contributed by atoms with van der Waals surface area (Å²) in [5.41, 5.74) is 3.07. The van der Waals surface area contributed by atoms with Crippen LogP contribution >= 0.6 is 0 Å². The Morgan fingerprint density at radius 1 is 1.11 bits per heavy atom. The SMILES string of the molecule is Cn1c(NCc2ccc(F)cc2)nc2ccccc21. The fourth-order valence-corrected chi connectivity index (χ4v) is 2.09. The summed E-state index contributed by atoms with van der Waals surface area (Å²) >= 11 is 0. The molecule has 0 unspecified atom stereocenters. The number of aromatic nitrogens is 2. The molecule has 4 heteroatoms. The molecule has 0 fully saturated rings. The van der Waals surface area contributed by atoms with Crippen LogP contribution in [0.5, 0.6) is 0 Å². The summed E-state index contributed by atoms with van der Waals surface area (Å²) in [4.78, 5) is 4.52. The minimum absolute atomic E-state index is 0.216. The number of fused-ring (bicyclic) bond motifs is 1. The number of imidazole rings is 1. The van der Waals surface area contributed by atoms with E-state index in [9.17, 15) is 4.39 Å². The van der Waals surface area contributed by atoms with Gasteiger partial charge in [-0.05, 0) is 29.8 Å². The second kappa shape index (κ2) is 4.72. The van der Waals surface area contributed by atoms with Gasteiger partial charge < -0.3 is 9.88 Å². The van der Waals surface area contributed by atoms with E-state index in [0.29, 0.717) is 6.54 Å². The maximum absolute atomic E-state index is 12.8. The topological polar surface area (TPSA) is 29.9 Å². The molecule has 1 N–H and O–H groups in total. The normalized spacial score (nSPS) is 10.8. The van der Waals surface area contributed by atoms with Gasteiger partial charge in [-0.1, -0.05) is 24.3 Å². The number of anilines is 1. The monoisotopic (exact) mass is 255 g/mol. The van der Waals surface area contributed by atoms with Gasteiger partial charge in [0.25, 0.3) is 0 Å². The molecule has 3 nitrogen and oxygen atoms in total. The number of benzene rings is 2. The van der Waals surface area contributed by atoms with E-state index in [0.717, 1.165) is 22.5 Å². The molecule has 0 aliphatic heterocycles. The van der Waals surface area contributed by atoms with Crippen LogP contribution in [0.25, 0.3) is 11.0 Å². The molecule has 0 spiro atoms. The molecule has 3 rings (SSSR count). The average molecular weight is 255 g/mol. The summed E-state index contributed by atoms with van der Waals surface area (Å²) < 4.78 is 14.8. The van der Waals surface area contributed by atoms with Gasteiger partial charge in [-0.25, -0.2) is 9.37 Å². The van der Waals surface area contributed by atoms with Crippen LogP contribution < -0.4 is 5.32 Å².